The van der Waals surface area contributed by atoms with Crippen molar-refractivity contribution >= 4 is 23.4 Å². The van der Waals surface area contributed by atoms with Gasteiger partial charge in [0, 0.05) is 24.4 Å². The summed E-state index contributed by atoms with van der Waals surface area (Å²) in [5, 5.41) is 10.6. The van der Waals surface area contributed by atoms with Gasteiger partial charge >= 0.3 is 11.8 Å². The van der Waals surface area contributed by atoms with E-state index >= 15 is 0 Å². The summed E-state index contributed by atoms with van der Waals surface area (Å²) in [5.41, 5.74) is 1.93. The molecule has 2 aromatic heterocycles. The molecule has 0 aliphatic rings. The molecule has 0 amide bonds. The van der Waals surface area contributed by atoms with E-state index < -0.39 is 17.4 Å². The smallest absolute Gasteiger partial charge is 0.417 e. The van der Waals surface area contributed by atoms with Crippen LogP contribution in [0.4, 0.5) is 13.2 Å². The molecule has 9 heteroatoms. The van der Waals surface area contributed by atoms with E-state index in [1.807, 2.05) is 32.9 Å². The highest BCUT2D eigenvalue weighted by molar-refractivity contribution is 7.99. The molecule has 0 spiro atoms. The first-order chi connectivity index (χ1) is 14.5. The Kier molecular flexibility index (Phi) is 6.71. The zero-order valence-electron chi connectivity index (χ0n) is 16.9. The van der Waals surface area contributed by atoms with E-state index in [1.165, 1.54) is 6.07 Å². The molecule has 0 aliphatic carbocycles. The minimum atomic E-state index is -4.52. The summed E-state index contributed by atoms with van der Waals surface area (Å²) in [6, 6.07) is 6.06. The third kappa shape index (κ3) is 5.25. The molecule has 4 nitrogen and oxygen atoms in total. The third-order valence-electron chi connectivity index (χ3n) is 4.63. The second-order valence-corrected chi connectivity index (χ2v) is 8.63. The summed E-state index contributed by atoms with van der Waals surface area (Å²) in [4.78, 5) is 16.4. The second kappa shape index (κ2) is 8.96. The summed E-state index contributed by atoms with van der Waals surface area (Å²) >= 11 is 7.03. The van der Waals surface area contributed by atoms with Crippen LogP contribution in [-0.2, 0) is 12.6 Å². The van der Waals surface area contributed by atoms with Gasteiger partial charge in [-0.15, -0.1) is 11.8 Å². The lowest BCUT2D eigenvalue weighted by atomic mass is 9.94. The molecular formula is C22H19ClF3NO3S. The number of aryl methyl sites for hydroxylation is 4. The van der Waals surface area contributed by atoms with Crippen LogP contribution in [0.5, 0.6) is 5.75 Å². The normalized spacial score (nSPS) is 11.7. The maximum absolute atomic E-state index is 12.7. The van der Waals surface area contributed by atoms with E-state index in [0.717, 1.165) is 40.7 Å². The lowest BCUT2D eigenvalue weighted by Crippen LogP contribution is -2.08. The van der Waals surface area contributed by atoms with Gasteiger partial charge in [-0.1, -0.05) is 29.3 Å². The lowest BCUT2D eigenvalue weighted by Gasteiger charge is -2.12. The van der Waals surface area contributed by atoms with Crippen LogP contribution < -0.4 is 5.63 Å². The van der Waals surface area contributed by atoms with Crippen molar-refractivity contribution in [2.45, 2.75) is 38.4 Å². The van der Waals surface area contributed by atoms with Gasteiger partial charge < -0.3 is 9.52 Å². The van der Waals surface area contributed by atoms with Gasteiger partial charge in [0.2, 0.25) is 0 Å². The minimum Gasteiger partial charge on any atom is -0.507 e. The lowest BCUT2D eigenvalue weighted by molar-refractivity contribution is -0.137. The molecule has 0 bridgehead atoms. The Hall–Kier alpha value is -2.45. The van der Waals surface area contributed by atoms with Crippen molar-refractivity contribution in [3.05, 3.63) is 73.9 Å². The van der Waals surface area contributed by atoms with E-state index in [2.05, 4.69) is 4.98 Å². The van der Waals surface area contributed by atoms with Crippen LogP contribution in [0.1, 0.15) is 28.0 Å². The van der Waals surface area contributed by atoms with E-state index in [9.17, 15) is 23.1 Å². The summed E-state index contributed by atoms with van der Waals surface area (Å²) < 4.78 is 43.5. The molecule has 1 N–H and O–H groups in total. The number of aromatic hydroxyl groups is 1. The van der Waals surface area contributed by atoms with Gasteiger partial charge in [0.05, 0.1) is 10.6 Å². The van der Waals surface area contributed by atoms with Gasteiger partial charge in [0.25, 0.3) is 0 Å². The average Bonchev–Trinajstić information content (AvgIpc) is 2.63. The zero-order chi connectivity index (χ0) is 22.9. The van der Waals surface area contributed by atoms with Gasteiger partial charge in [-0.25, -0.2) is 9.78 Å². The highest BCUT2D eigenvalue weighted by Crippen LogP contribution is 2.35. The Balaban J connectivity index is 1.77. The maximum atomic E-state index is 12.7. The fourth-order valence-corrected chi connectivity index (χ4v) is 4.54. The number of pyridine rings is 1. The van der Waals surface area contributed by atoms with Gasteiger partial charge in [-0.3, -0.25) is 0 Å². The van der Waals surface area contributed by atoms with Crippen LogP contribution in [0.3, 0.4) is 0 Å². The fourth-order valence-electron chi connectivity index (χ4n) is 3.39. The molecule has 0 fully saturated rings. The summed E-state index contributed by atoms with van der Waals surface area (Å²) in [6.07, 6.45) is -3.55. The van der Waals surface area contributed by atoms with E-state index in [0.29, 0.717) is 11.3 Å². The number of benzene rings is 1. The molecule has 1 aromatic carbocycles. The highest BCUT2D eigenvalue weighted by atomic mass is 35.5. The molecule has 0 atom stereocenters. The molecule has 3 aromatic rings. The van der Waals surface area contributed by atoms with Crippen LogP contribution in [0.25, 0.3) is 11.1 Å². The number of nitrogens with zero attached hydrogens (tertiary/aromatic N) is 1. The van der Waals surface area contributed by atoms with Gasteiger partial charge in [-0.05, 0) is 43.5 Å². The van der Waals surface area contributed by atoms with Crippen molar-refractivity contribution in [2.24, 2.45) is 0 Å². The minimum absolute atomic E-state index is 0.107. The monoisotopic (exact) mass is 469 g/mol. The standard InChI is InChI=1S/C22H19ClF3NO3S/c1-11-6-12(2)18(13(3)7-11)19-17(28)9-15(30-21(19)29)4-5-31-20-16(23)8-14(10-27-20)22(24,25)26/h6-10,28H,4-5H2,1-3H3. The zero-order valence-corrected chi connectivity index (χ0v) is 18.5. The van der Waals surface area contributed by atoms with Crippen molar-refractivity contribution in [2.75, 3.05) is 5.75 Å². The van der Waals surface area contributed by atoms with Crippen LogP contribution in [0, 0.1) is 20.8 Å². The second-order valence-electron chi connectivity index (χ2n) is 7.14. The first-order valence-electron chi connectivity index (χ1n) is 9.27. The van der Waals surface area contributed by atoms with Crippen molar-refractivity contribution < 1.29 is 22.7 Å². The predicted molar refractivity (Wildman–Crippen MR) is 115 cm³/mol. The molecule has 0 saturated heterocycles. The Labute approximate surface area is 186 Å². The Morgan fingerprint density at radius 1 is 1.10 bits per heavy atom. The molecule has 0 unspecified atom stereocenters. The number of thioether (sulfide) groups is 1. The molecule has 3 rings (SSSR count). The predicted octanol–water partition coefficient (Wildman–Crippen LogP) is 6.34. The maximum Gasteiger partial charge on any atom is 0.417 e. The van der Waals surface area contributed by atoms with Crippen molar-refractivity contribution in [1.29, 1.82) is 0 Å². The van der Waals surface area contributed by atoms with Crippen molar-refractivity contribution in [3.8, 4) is 16.9 Å². The largest absolute Gasteiger partial charge is 0.507 e. The van der Waals surface area contributed by atoms with Crippen LogP contribution in [0.15, 0.2) is 44.7 Å². The molecule has 0 radical (unpaired) electrons. The first-order valence-corrected chi connectivity index (χ1v) is 10.6. The summed E-state index contributed by atoms with van der Waals surface area (Å²) in [7, 11) is 0. The molecule has 2 heterocycles. The molecular weight excluding hydrogens is 451 g/mol. The molecule has 164 valence electrons. The van der Waals surface area contributed by atoms with Gasteiger partial charge in [0.1, 0.15) is 22.1 Å². The van der Waals surface area contributed by atoms with Crippen molar-refractivity contribution in [3.63, 3.8) is 0 Å². The van der Waals surface area contributed by atoms with Crippen LogP contribution in [0.2, 0.25) is 5.02 Å². The Morgan fingerprint density at radius 3 is 2.29 bits per heavy atom. The Bertz CT molecular complexity index is 1170. The Morgan fingerprint density at radius 2 is 1.74 bits per heavy atom. The molecule has 31 heavy (non-hydrogen) atoms. The topological polar surface area (TPSA) is 63.3 Å². The summed E-state index contributed by atoms with van der Waals surface area (Å²) in [5.74, 6) is 0.406. The number of rotatable bonds is 5. The van der Waals surface area contributed by atoms with E-state index in [-0.39, 0.29) is 33.5 Å². The van der Waals surface area contributed by atoms with Crippen LogP contribution in [-0.4, -0.2) is 15.8 Å². The fraction of sp³-hybridized carbons (Fsp3) is 0.273. The van der Waals surface area contributed by atoms with Crippen molar-refractivity contribution in [1.82, 2.24) is 4.98 Å². The first kappa shape index (κ1) is 23.2. The number of aromatic nitrogens is 1. The molecule has 0 aliphatic heterocycles. The number of halogens is 4. The van der Waals surface area contributed by atoms with Crippen LogP contribution >= 0.6 is 23.4 Å². The van der Waals surface area contributed by atoms with Gasteiger partial charge in [0.15, 0.2) is 0 Å². The summed E-state index contributed by atoms with van der Waals surface area (Å²) in [6.45, 7) is 5.67. The quantitative estimate of drug-likeness (QED) is 0.442. The number of hydrogen-bond acceptors (Lipinski definition) is 5. The third-order valence-corrected chi connectivity index (χ3v) is 6.04. The van der Waals surface area contributed by atoms with E-state index in [4.69, 9.17) is 16.0 Å². The SMILES string of the molecule is Cc1cc(C)c(-c2c(O)cc(CCSc3ncc(C(F)(F)F)cc3Cl)oc2=O)c(C)c1. The van der Waals surface area contributed by atoms with E-state index in [1.54, 1.807) is 0 Å². The average molecular weight is 470 g/mol. The molecule has 0 saturated carbocycles. The number of alkyl halides is 3. The van der Waals surface area contributed by atoms with Gasteiger partial charge in [-0.2, -0.15) is 13.2 Å². The highest BCUT2D eigenvalue weighted by Gasteiger charge is 2.31. The number of hydrogen-bond donors (Lipinski definition) is 1.